The summed E-state index contributed by atoms with van der Waals surface area (Å²) in [5.41, 5.74) is -3.68. The molecule has 0 aromatic heterocycles. The first-order valence-corrected chi connectivity index (χ1v) is 12.0. The molecule has 5 nitrogen and oxygen atoms in total. The van der Waals surface area contributed by atoms with E-state index in [0.717, 1.165) is 6.42 Å². The average Bonchev–Trinajstić information content (AvgIpc) is 3.19. The molecule has 1 spiro atoms. The van der Waals surface area contributed by atoms with Crippen LogP contribution in [-0.4, -0.2) is 53.0 Å². The molecule has 2 aliphatic heterocycles. The van der Waals surface area contributed by atoms with E-state index in [1.807, 2.05) is 13.8 Å². The van der Waals surface area contributed by atoms with Gasteiger partial charge in [-0.3, -0.25) is 14.9 Å². The van der Waals surface area contributed by atoms with Gasteiger partial charge in [-0.15, -0.1) is 11.8 Å². The minimum Gasteiger partial charge on any atom is -0.354 e. The van der Waals surface area contributed by atoms with Crippen LogP contribution in [-0.2, 0) is 17.1 Å². The van der Waals surface area contributed by atoms with E-state index in [2.05, 4.69) is 10.6 Å². The Morgan fingerprint density at radius 2 is 1.68 bits per heavy atom. The predicted molar refractivity (Wildman–Crippen MR) is 116 cm³/mol. The van der Waals surface area contributed by atoms with Gasteiger partial charge in [0.15, 0.2) is 0 Å². The number of rotatable bonds is 5. The summed E-state index contributed by atoms with van der Waals surface area (Å²) in [5.74, 6) is -0.0814. The Morgan fingerprint density at radius 1 is 1.12 bits per heavy atom. The van der Waals surface area contributed by atoms with Gasteiger partial charge >= 0.3 is 12.4 Å². The van der Waals surface area contributed by atoms with Crippen molar-refractivity contribution < 1.29 is 35.9 Å². The molecule has 2 N–H and O–H groups in total. The number of amides is 2. The van der Waals surface area contributed by atoms with Crippen LogP contribution in [0.1, 0.15) is 54.6 Å². The van der Waals surface area contributed by atoms with Gasteiger partial charge in [-0.2, -0.15) is 26.3 Å². The van der Waals surface area contributed by atoms with Crippen molar-refractivity contribution in [2.24, 2.45) is 5.92 Å². The third-order valence-corrected chi connectivity index (χ3v) is 7.87. The van der Waals surface area contributed by atoms with Crippen molar-refractivity contribution in [2.75, 3.05) is 25.4 Å². The van der Waals surface area contributed by atoms with Crippen LogP contribution in [0.4, 0.5) is 26.3 Å². The lowest BCUT2D eigenvalue weighted by Crippen LogP contribution is -2.54. The van der Waals surface area contributed by atoms with Gasteiger partial charge in [0.05, 0.1) is 22.0 Å². The van der Waals surface area contributed by atoms with Crippen LogP contribution in [0.15, 0.2) is 18.2 Å². The van der Waals surface area contributed by atoms with Gasteiger partial charge in [0.25, 0.3) is 5.91 Å². The molecule has 2 fully saturated rings. The summed E-state index contributed by atoms with van der Waals surface area (Å²) in [7, 11) is 0. The molecular weight excluding hydrogens is 484 g/mol. The van der Waals surface area contributed by atoms with Gasteiger partial charge in [-0.1, -0.05) is 20.3 Å². The molecule has 0 aliphatic carbocycles. The summed E-state index contributed by atoms with van der Waals surface area (Å²) in [5, 5.41) is 6.24. The molecule has 3 rings (SSSR count). The number of piperidine rings is 1. The standard InChI is InChI=1S/C22H27F6N3O2S/c1-3-13(2)11-29-18(32)17-12-34-20(30-17)4-6-31(7-5-20)19(33)14-8-15(21(23,24)25)10-16(9-14)22(26,27)28/h8-10,13,17,30H,3-7,11-12H2,1-2H3,(H,29,32). The van der Waals surface area contributed by atoms with Crippen LogP contribution in [0.5, 0.6) is 0 Å². The fourth-order valence-corrected chi connectivity index (χ4v) is 5.37. The van der Waals surface area contributed by atoms with Crippen molar-refractivity contribution in [2.45, 2.75) is 56.4 Å². The molecule has 2 aliphatic rings. The maximum Gasteiger partial charge on any atom is 0.416 e. The van der Waals surface area contributed by atoms with E-state index in [1.165, 1.54) is 4.90 Å². The summed E-state index contributed by atoms with van der Waals surface area (Å²) in [6, 6.07) is 0.534. The van der Waals surface area contributed by atoms with Gasteiger partial charge in [0, 0.05) is 31.0 Å². The van der Waals surface area contributed by atoms with Crippen LogP contribution in [0.25, 0.3) is 0 Å². The Balaban J connectivity index is 1.66. The second-order valence-corrected chi connectivity index (χ2v) is 10.3. The maximum absolute atomic E-state index is 13.1. The fraction of sp³-hybridized carbons (Fsp3) is 0.636. The van der Waals surface area contributed by atoms with Crippen molar-refractivity contribution in [1.29, 1.82) is 0 Å². The number of hydrogen-bond donors (Lipinski definition) is 2. The lowest BCUT2D eigenvalue weighted by atomic mass is 10.00. The number of hydrogen-bond acceptors (Lipinski definition) is 4. The number of likely N-dealkylation sites (tertiary alicyclic amines) is 1. The van der Waals surface area contributed by atoms with Gasteiger partial charge in [0.1, 0.15) is 0 Å². The Bertz CT molecular complexity index is 881. The third-order valence-electron chi connectivity index (χ3n) is 6.29. The highest BCUT2D eigenvalue weighted by Gasteiger charge is 2.45. The lowest BCUT2D eigenvalue weighted by Gasteiger charge is -2.39. The Kier molecular flexibility index (Phi) is 7.81. The SMILES string of the molecule is CCC(C)CNC(=O)C1CSC2(CCN(C(=O)c3cc(C(F)(F)F)cc(C(F)(F)F)c3)CC2)N1. The lowest BCUT2D eigenvalue weighted by molar-refractivity contribution is -0.143. The smallest absolute Gasteiger partial charge is 0.354 e. The van der Waals surface area contributed by atoms with E-state index in [4.69, 9.17) is 0 Å². The van der Waals surface area contributed by atoms with E-state index >= 15 is 0 Å². The number of nitrogens with one attached hydrogen (secondary N) is 2. The summed E-state index contributed by atoms with van der Waals surface area (Å²) in [6.45, 7) is 4.95. The number of benzene rings is 1. The van der Waals surface area contributed by atoms with E-state index in [9.17, 15) is 35.9 Å². The largest absolute Gasteiger partial charge is 0.416 e. The molecule has 12 heteroatoms. The first-order valence-electron chi connectivity index (χ1n) is 11.0. The number of alkyl halides is 6. The number of halogens is 6. The molecule has 34 heavy (non-hydrogen) atoms. The van der Waals surface area contributed by atoms with Crippen molar-refractivity contribution in [1.82, 2.24) is 15.5 Å². The number of carbonyl (C=O) groups is 2. The second kappa shape index (κ2) is 9.96. The molecule has 2 atom stereocenters. The minimum atomic E-state index is -5.02. The van der Waals surface area contributed by atoms with Crippen molar-refractivity contribution >= 4 is 23.6 Å². The molecule has 1 aromatic rings. The number of nitrogens with zero attached hydrogens (tertiary/aromatic N) is 1. The normalized spacial score (nSPS) is 21.5. The molecule has 2 unspecified atom stereocenters. The van der Waals surface area contributed by atoms with Gasteiger partial charge < -0.3 is 10.2 Å². The van der Waals surface area contributed by atoms with E-state index in [-0.39, 0.29) is 25.1 Å². The monoisotopic (exact) mass is 511 g/mol. The molecule has 0 saturated carbocycles. The fourth-order valence-electron chi connectivity index (χ4n) is 3.95. The maximum atomic E-state index is 13.1. The van der Waals surface area contributed by atoms with Gasteiger partial charge in [0.2, 0.25) is 5.91 Å². The number of thioether (sulfide) groups is 1. The Morgan fingerprint density at radius 3 is 2.18 bits per heavy atom. The molecule has 1 aromatic carbocycles. The first-order chi connectivity index (χ1) is 15.7. The van der Waals surface area contributed by atoms with Crippen molar-refractivity contribution in [3.8, 4) is 0 Å². The van der Waals surface area contributed by atoms with Crippen LogP contribution in [0, 0.1) is 5.92 Å². The summed E-state index contributed by atoms with van der Waals surface area (Å²) >= 11 is 1.56. The minimum absolute atomic E-state index is 0.00745. The topological polar surface area (TPSA) is 61.4 Å². The van der Waals surface area contributed by atoms with Crippen LogP contribution >= 0.6 is 11.8 Å². The van der Waals surface area contributed by atoms with Gasteiger partial charge in [-0.25, -0.2) is 0 Å². The Hall–Kier alpha value is -1.95. The highest BCUT2D eigenvalue weighted by Crippen LogP contribution is 2.40. The van der Waals surface area contributed by atoms with E-state index < -0.39 is 45.9 Å². The van der Waals surface area contributed by atoms with Crippen LogP contribution in [0.3, 0.4) is 0 Å². The second-order valence-electron chi connectivity index (χ2n) is 8.85. The zero-order valence-electron chi connectivity index (χ0n) is 18.8. The predicted octanol–water partition coefficient (Wildman–Crippen LogP) is 4.52. The van der Waals surface area contributed by atoms with Crippen LogP contribution < -0.4 is 10.6 Å². The molecule has 2 amide bonds. The quantitative estimate of drug-likeness (QED) is 0.571. The van der Waals surface area contributed by atoms with Crippen molar-refractivity contribution in [3.05, 3.63) is 34.9 Å². The van der Waals surface area contributed by atoms with E-state index in [1.54, 1.807) is 11.8 Å². The molecule has 2 saturated heterocycles. The molecule has 190 valence electrons. The van der Waals surface area contributed by atoms with Gasteiger partial charge in [-0.05, 0) is 37.0 Å². The van der Waals surface area contributed by atoms with Crippen molar-refractivity contribution in [3.63, 3.8) is 0 Å². The summed E-state index contributed by atoms with van der Waals surface area (Å²) in [6.07, 6.45) is -8.25. The summed E-state index contributed by atoms with van der Waals surface area (Å²) in [4.78, 5) is 26.1. The molecular formula is C22H27F6N3O2S. The molecule has 2 heterocycles. The molecule has 0 radical (unpaired) electrons. The Labute approximate surface area is 198 Å². The number of carbonyl (C=O) groups excluding carboxylic acids is 2. The zero-order valence-corrected chi connectivity index (χ0v) is 19.6. The molecule has 0 bridgehead atoms. The first kappa shape index (κ1) is 26.7. The van der Waals surface area contributed by atoms with E-state index in [0.29, 0.717) is 43.2 Å². The third kappa shape index (κ3) is 6.18. The van der Waals surface area contributed by atoms with Crippen LogP contribution in [0.2, 0.25) is 0 Å². The highest BCUT2D eigenvalue weighted by atomic mass is 32.2. The summed E-state index contributed by atoms with van der Waals surface area (Å²) < 4.78 is 78.8. The average molecular weight is 512 g/mol. The highest BCUT2D eigenvalue weighted by molar-refractivity contribution is 8.01. The zero-order chi connectivity index (χ0) is 25.3.